The average Bonchev–Trinajstić information content (AvgIpc) is 3.28. The number of anilines is 2. The van der Waals surface area contributed by atoms with E-state index in [9.17, 15) is 19.2 Å². The molecule has 1 fully saturated rings. The fraction of sp³-hybridized carbons (Fsp3) is 0.483. The monoisotopic (exact) mass is 549 g/mol. The SMILES string of the molecule is CCCC(=N)C1(N)CCCN(C2N(C=O)c3c(c(=O)n(CC(=O)c4ccccc4)c(=O)n3C)N2CC=C(C)C)C1. The van der Waals surface area contributed by atoms with E-state index in [0.29, 0.717) is 56.6 Å². The van der Waals surface area contributed by atoms with Crippen LogP contribution in [-0.4, -0.2) is 63.4 Å². The molecular weight excluding hydrogens is 510 g/mol. The molecule has 214 valence electrons. The first-order chi connectivity index (χ1) is 19.0. The van der Waals surface area contributed by atoms with Crippen LogP contribution >= 0.6 is 0 Å². The highest BCUT2D eigenvalue weighted by molar-refractivity contribution is 5.96. The van der Waals surface area contributed by atoms with E-state index in [-0.39, 0.29) is 17.3 Å². The second kappa shape index (κ2) is 11.7. The van der Waals surface area contributed by atoms with Crippen LogP contribution in [0.2, 0.25) is 0 Å². The number of piperidine rings is 1. The van der Waals surface area contributed by atoms with E-state index >= 15 is 0 Å². The summed E-state index contributed by atoms with van der Waals surface area (Å²) in [5, 5.41) is 8.62. The van der Waals surface area contributed by atoms with Gasteiger partial charge in [-0.25, -0.2) is 4.79 Å². The summed E-state index contributed by atoms with van der Waals surface area (Å²) in [6.07, 6.45) is 4.63. The van der Waals surface area contributed by atoms with Gasteiger partial charge in [-0.05, 0) is 33.1 Å². The summed E-state index contributed by atoms with van der Waals surface area (Å²) in [6, 6.07) is 8.51. The Balaban J connectivity index is 1.83. The fourth-order valence-electron chi connectivity index (χ4n) is 5.67. The van der Waals surface area contributed by atoms with Gasteiger partial charge in [0, 0.05) is 38.0 Å². The van der Waals surface area contributed by atoms with E-state index < -0.39 is 29.6 Å². The number of carbonyl (C=O) groups is 2. The van der Waals surface area contributed by atoms with Gasteiger partial charge in [-0.15, -0.1) is 0 Å². The molecule has 0 spiro atoms. The summed E-state index contributed by atoms with van der Waals surface area (Å²) in [5.41, 5.74) is 6.66. The quantitative estimate of drug-likeness (QED) is 0.200. The van der Waals surface area contributed by atoms with E-state index in [4.69, 9.17) is 11.1 Å². The maximum absolute atomic E-state index is 14.0. The van der Waals surface area contributed by atoms with Gasteiger partial charge in [0.1, 0.15) is 5.69 Å². The molecule has 0 saturated carbocycles. The average molecular weight is 550 g/mol. The van der Waals surface area contributed by atoms with Crippen LogP contribution in [0.3, 0.4) is 0 Å². The zero-order valence-electron chi connectivity index (χ0n) is 23.7. The highest BCUT2D eigenvalue weighted by Crippen LogP contribution is 2.38. The molecule has 2 unspecified atom stereocenters. The van der Waals surface area contributed by atoms with Crippen molar-refractivity contribution in [3.05, 3.63) is 68.4 Å². The third kappa shape index (κ3) is 5.31. The third-order valence-electron chi connectivity index (χ3n) is 7.74. The molecule has 1 aromatic heterocycles. The number of nitrogens with one attached hydrogen (secondary N) is 1. The highest BCUT2D eigenvalue weighted by Gasteiger charge is 2.47. The van der Waals surface area contributed by atoms with Crippen LogP contribution in [0.1, 0.15) is 56.8 Å². The Hall–Kier alpha value is -3.83. The van der Waals surface area contributed by atoms with Crippen LogP contribution in [0, 0.1) is 5.41 Å². The summed E-state index contributed by atoms with van der Waals surface area (Å²) in [4.78, 5) is 58.3. The molecule has 2 aromatic rings. The van der Waals surface area contributed by atoms with Crippen molar-refractivity contribution < 1.29 is 9.59 Å². The molecule has 4 rings (SSSR count). The molecule has 2 atom stereocenters. The van der Waals surface area contributed by atoms with Gasteiger partial charge in [-0.1, -0.05) is 55.3 Å². The van der Waals surface area contributed by atoms with Crippen molar-refractivity contribution in [1.82, 2.24) is 14.0 Å². The highest BCUT2D eigenvalue weighted by atomic mass is 16.2. The molecule has 1 amide bonds. The van der Waals surface area contributed by atoms with Crippen LogP contribution in [0.15, 0.2) is 51.6 Å². The lowest BCUT2D eigenvalue weighted by Crippen LogP contribution is -2.65. The Morgan fingerprint density at radius 2 is 1.90 bits per heavy atom. The smallest absolute Gasteiger partial charge is 0.327 e. The Labute approximate surface area is 234 Å². The van der Waals surface area contributed by atoms with Crippen molar-refractivity contribution in [1.29, 1.82) is 5.41 Å². The minimum Gasteiger partial charge on any atom is -0.327 e. The first-order valence-corrected chi connectivity index (χ1v) is 13.7. The van der Waals surface area contributed by atoms with Gasteiger partial charge in [0.2, 0.25) is 6.41 Å². The van der Waals surface area contributed by atoms with Gasteiger partial charge in [0.05, 0.1) is 12.1 Å². The van der Waals surface area contributed by atoms with Crippen molar-refractivity contribution in [3.8, 4) is 0 Å². The van der Waals surface area contributed by atoms with Crippen LogP contribution in [0.25, 0.3) is 0 Å². The first-order valence-electron chi connectivity index (χ1n) is 13.7. The molecule has 40 heavy (non-hydrogen) atoms. The Kier molecular flexibility index (Phi) is 8.55. The lowest BCUT2D eigenvalue weighted by molar-refractivity contribution is -0.108. The van der Waals surface area contributed by atoms with E-state index in [1.165, 1.54) is 16.5 Å². The van der Waals surface area contributed by atoms with Crippen molar-refractivity contribution in [2.45, 2.75) is 64.8 Å². The van der Waals surface area contributed by atoms with Gasteiger partial charge < -0.3 is 16.0 Å². The molecule has 3 N–H and O–H groups in total. The number of carbonyl (C=O) groups excluding carboxylic acids is 2. The normalized spacial score (nSPS) is 20.8. The molecule has 0 aliphatic carbocycles. The van der Waals surface area contributed by atoms with Crippen molar-refractivity contribution in [2.75, 3.05) is 29.4 Å². The number of rotatable bonds is 10. The predicted octanol–water partition coefficient (Wildman–Crippen LogP) is 2.08. The summed E-state index contributed by atoms with van der Waals surface area (Å²) in [5.74, 6) is -0.187. The van der Waals surface area contributed by atoms with Crippen LogP contribution in [0.4, 0.5) is 11.5 Å². The molecule has 0 radical (unpaired) electrons. The summed E-state index contributed by atoms with van der Waals surface area (Å²) in [6.45, 7) is 6.70. The Morgan fingerprint density at radius 1 is 1.20 bits per heavy atom. The molecule has 3 heterocycles. The number of amides is 1. The standard InChI is InChI=1S/C29H39N7O4/c1-5-10-23(30)29(31)14-9-15-33(18-29)27-34(16-13-20(2)3)24-25(36(27)19-37)32(4)28(40)35(26(24)39)17-22(38)21-11-7-6-8-12-21/h6-8,11-13,19,27,30H,5,9-10,14-18,31H2,1-4H3. The van der Waals surface area contributed by atoms with Crippen molar-refractivity contribution in [2.24, 2.45) is 12.8 Å². The molecule has 0 bridgehead atoms. The third-order valence-corrected chi connectivity index (χ3v) is 7.74. The topological polar surface area (TPSA) is 138 Å². The minimum atomic E-state index is -0.853. The number of hydrogen-bond acceptors (Lipinski definition) is 8. The number of nitrogens with two attached hydrogens (primary N) is 1. The maximum Gasteiger partial charge on any atom is 0.332 e. The zero-order chi connectivity index (χ0) is 29.2. The Morgan fingerprint density at radius 3 is 2.52 bits per heavy atom. The van der Waals surface area contributed by atoms with E-state index in [2.05, 4.69) is 0 Å². The number of fused-ring (bicyclic) bond motifs is 1. The van der Waals surface area contributed by atoms with Gasteiger partial charge in [-0.2, -0.15) is 0 Å². The molecule has 11 heteroatoms. The van der Waals surface area contributed by atoms with Gasteiger partial charge in [0.15, 0.2) is 17.9 Å². The number of hydrogen-bond donors (Lipinski definition) is 2. The minimum absolute atomic E-state index is 0.175. The number of benzene rings is 1. The lowest BCUT2D eigenvalue weighted by atomic mass is 9.83. The van der Waals surface area contributed by atoms with E-state index in [1.54, 1.807) is 35.2 Å². The molecule has 2 aliphatic heterocycles. The number of allylic oxidation sites excluding steroid dienone is 1. The molecule has 1 aromatic carbocycles. The fourth-order valence-corrected chi connectivity index (χ4v) is 5.67. The predicted molar refractivity (Wildman–Crippen MR) is 156 cm³/mol. The Bertz CT molecular complexity index is 1440. The molecule has 11 nitrogen and oxygen atoms in total. The van der Waals surface area contributed by atoms with Crippen molar-refractivity contribution >= 4 is 29.4 Å². The number of ketones is 1. The van der Waals surface area contributed by atoms with E-state index in [1.807, 2.05) is 31.7 Å². The number of likely N-dealkylation sites (tertiary alicyclic amines) is 1. The van der Waals surface area contributed by atoms with E-state index in [0.717, 1.165) is 16.6 Å². The molecular formula is C29H39N7O4. The summed E-state index contributed by atoms with van der Waals surface area (Å²) < 4.78 is 2.20. The van der Waals surface area contributed by atoms with Gasteiger partial charge >= 0.3 is 5.69 Å². The van der Waals surface area contributed by atoms with Gasteiger partial charge in [-0.3, -0.25) is 33.3 Å². The van der Waals surface area contributed by atoms with Crippen molar-refractivity contribution in [3.63, 3.8) is 0 Å². The number of aromatic nitrogens is 2. The largest absolute Gasteiger partial charge is 0.332 e. The second-order valence-corrected chi connectivity index (χ2v) is 10.9. The van der Waals surface area contributed by atoms with Crippen LogP contribution in [0.5, 0.6) is 0 Å². The molecule has 2 aliphatic rings. The summed E-state index contributed by atoms with van der Waals surface area (Å²) in [7, 11) is 1.50. The maximum atomic E-state index is 14.0. The van der Waals surface area contributed by atoms with Gasteiger partial charge in [0.25, 0.3) is 5.56 Å². The first kappa shape index (κ1) is 29.2. The summed E-state index contributed by atoms with van der Waals surface area (Å²) >= 11 is 0. The second-order valence-electron chi connectivity index (χ2n) is 10.9. The van der Waals surface area contributed by atoms with Crippen LogP contribution < -0.4 is 26.8 Å². The number of Topliss-reactive ketones (excluding diaryl/α,β-unsaturated/α-hetero) is 1. The lowest BCUT2D eigenvalue weighted by Gasteiger charge is -2.46. The number of nitrogens with zero attached hydrogens (tertiary/aromatic N) is 5. The van der Waals surface area contributed by atoms with Crippen LogP contribution in [-0.2, 0) is 18.4 Å². The zero-order valence-corrected chi connectivity index (χ0v) is 23.7. The molecule has 1 saturated heterocycles.